The monoisotopic (exact) mass is 299 g/mol. The Morgan fingerprint density at radius 1 is 1.00 bits per heavy atom. The van der Waals surface area contributed by atoms with E-state index in [0.29, 0.717) is 17.2 Å². The van der Waals surface area contributed by atoms with Crippen LogP contribution in [0.25, 0.3) is 0 Å². The number of rotatable bonds is 8. The lowest BCUT2D eigenvalue weighted by atomic mass is 10.1. The lowest BCUT2D eigenvalue weighted by Crippen LogP contribution is -2.28. The molecule has 0 aliphatic heterocycles. The quantitative estimate of drug-likeness (QED) is 0.757. The highest BCUT2D eigenvalue weighted by Crippen LogP contribution is 2.38. The minimum Gasteiger partial charge on any atom is -0.496 e. The first kappa shape index (κ1) is 17.6. The van der Waals surface area contributed by atoms with Crippen LogP contribution in [0.4, 0.5) is 0 Å². The van der Waals surface area contributed by atoms with Gasteiger partial charge in [0.15, 0.2) is 11.5 Å². The highest BCUT2D eigenvalue weighted by molar-refractivity contribution is 5.51. The third kappa shape index (κ3) is 4.23. The first-order valence-electron chi connectivity index (χ1n) is 6.81. The smallest absolute Gasteiger partial charge is 0.164 e. The van der Waals surface area contributed by atoms with Crippen molar-refractivity contribution in [1.82, 2.24) is 0 Å². The standard InChI is InChI=1S/C15H25NO5/c1-9(17)10(2)21-15(8-16)11-6-13(19-4)14(20-5)7-12(11)18-3/h6-7,9-10,15,17H,8,16H2,1-5H3. The predicted octanol–water partition coefficient (Wildman–Crippen LogP) is 1.50. The van der Waals surface area contributed by atoms with E-state index in [1.54, 1.807) is 47.3 Å². The number of aliphatic hydroxyl groups is 1. The first-order valence-corrected chi connectivity index (χ1v) is 6.81. The predicted molar refractivity (Wildman–Crippen MR) is 80.1 cm³/mol. The molecule has 6 heteroatoms. The zero-order chi connectivity index (χ0) is 16.0. The van der Waals surface area contributed by atoms with Gasteiger partial charge in [0.1, 0.15) is 5.75 Å². The van der Waals surface area contributed by atoms with Gasteiger partial charge in [0.2, 0.25) is 0 Å². The van der Waals surface area contributed by atoms with Gasteiger partial charge >= 0.3 is 0 Å². The summed E-state index contributed by atoms with van der Waals surface area (Å²) in [6, 6.07) is 3.51. The first-order chi connectivity index (χ1) is 9.98. The molecule has 120 valence electrons. The van der Waals surface area contributed by atoms with Crippen molar-refractivity contribution < 1.29 is 24.1 Å². The maximum atomic E-state index is 9.58. The van der Waals surface area contributed by atoms with E-state index in [-0.39, 0.29) is 12.6 Å². The molecule has 0 bridgehead atoms. The van der Waals surface area contributed by atoms with Crippen molar-refractivity contribution in [3.63, 3.8) is 0 Å². The molecule has 0 spiro atoms. The summed E-state index contributed by atoms with van der Waals surface area (Å²) in [4.78, 5) is 0. The fourth-order valence-corrected chi connectivity index (χ4v) is 1.93. The van der Waals surface area contributed by atoms with E-state index >= 15 is 0 Å². The van der Waals surface area contributed by atoms with Crippen LogP contribution in [0.5, 0.6) is 17.2 Å². The van der Waals surface area contributed by atoms with E-state index in [4.69, 9.17) is 24.7 Å². The lowest BCUT2D eigenvalue weighted by Gasteiger charge is -2.25. The molecule has 1 rings (SSSR count). The molecule has 0 amide bonds. The Bertz CT molecular complexity index is 450. The second-order valence-corrected chi connectivity index (χ2v) is 4.76. The molecule has 0 saturated heterocycles. The number of ether oxygens (including phenoxy) is 4. The molecule has 0 fully saturated rings. The Morgan fingerprint density at radius 2 is 1.52 bits per heavy atom. The molecule has 6 nitrogen and oxygen atoms in total. The maximum absolute atomic E-state index is 9.58. The van der Waals surface area contributed by atoms with Crippen molar-refractivity contribution in [2.45, 2.75) is 32.2 Å². The molecule has 21 heavy (non-hydrogen) atoms. The number of benzene rings is 1. The van der Waals surface area contributed by atoms with Crippen LogP contribution in [0.1, 0.15) is 25.5 Å². The summed E-state index contributed by atoms with van der Waals surface area (Å²) in [6.45, 7) is 3.72. The van der Waals surface area contributed by atoms with Gasteiger partial charge in [-0.25, -0.2) is 0 Å². The Balaban J connectivity index is 3.18. The van der Waals surface area contributed by atoms with E-state index < -0.39 is 12.2 Å². The van der Waals surface area contributed by atoms with Gasteiger partial charge in [-0.3, -0.25) is 0 Å². The Hall–Kier alpha value is -1.50. The van der Waals surface area contributed by atoms with Crippen molar-refractivity contribution in [2.75, 3.05) is 27.9 Å². The van der Waals surface area contributed by atoms with Crippen LogP contribution in [0, 0.1) is 0 Å². The summed E-state index contributed by atoms with van der Waals surface area (Å²) in [6.07, 6.45) is -1.36. The van der Waals surface area contributed by atoms with Gasteiger partial charge in [0.05, 0.1) is 39.6 Å². The van der Waals surface area contributed by atoms with Gasteiger partial charge in [0.25, 0.3) is 0 Å². The molecule has 3 atom stereocenters. The summed E-state index contributed by atoms with van der Waals surface area (Å²) in [5.74, 6) is 1.73. The van der Waals surface area contributed by atoms with E-state index in [1.807, 2.05) is 0 Å². The molecular weight excluding hydrogens is 274 g/mol. The fraction of sp³-hybridized carbons (Fsp3) is 0.600. The van der Waals surface area contributed by atoms with Crippen molar-refractivity contribution in [3.05, 3.63) is 17.7 Å². The highest BCUT2D eigenvalue weighted by atomic mass is 16.5. The second-order valence-electron chi connectivity index (χ2n) is 4.76. The molecule has 0 heterocycles. The van der Waals surface area contributed by atoms with Gasteiger partial charge in [-0.1, -0.05) is 0 Å². The van der Waals surface area contributed by atoms with Crippen molar-refractivity contribution in [1.29, 1.82) is 0 Å². The minimum atomic E-state index is -0.592. The van der Waals surface area contributed by atoms with E-state index in [9.17, 15) is 5.11 Å². The number of hydrogen-bond acceptors (Lipinski definition) is 6. The Kier molecular flexibility index (Phi) is 6.74. The van der Waals surface area contributed by atoms with Crippen molar-refractivity contribution >= 4 is 0 Å². The normalized spacial score (nSPS) is 15.2. The van der Waals surface area contributed by atoms with Crippen LogP contribution in [0.2, 0.25) is 0 Å². The van der Waals surface area contributed by atoms with Crippen LogP contribution < -0.4 is 19.9 Å². The molecule has 1 aromatic rings. The molecule has 0 radical (unpaired) electrons. The van der Waals surface area contributed by atoms with Gasteiger partial charge in [-0.2, -0.15) is 0 Å². The molecular formula is C15H25NO5. The zero-order valence-corrected chi connectivity index (χ0v) is 13.3. The third-order valence-electron chi connectivity index (χ3n) is 3.36. The highest BCUT2D eigenvalue weighted by Gasteiger charge is 2.23. The molecule has 0 aliphatic rings. The third-order valence-corrected chi connectivity index (χ3v) is 3.36. The van der Waals surface area contributed by atoms with Crippen molar-refractivity contribution in [2.24, 2.45) is 5.73 Å². The van der Waals surface area contributed by atoms with Gasteiger partial charge < -0.3 is 29.8 Å². The van der Waals surface area contributed by atoms with Gasteiger partial charge in [-0.15, -0.1) is 0 Å². The maximum Gasteiger partial charge on any atom is 0.164 e. The fourth-order valence-electron chi connectivity index (χ4n) is 1.93. The Morgan fingerprint density at radius 3 is 1.95 bits per heavy atom. The SMILES string of the molecule is COc1cc(OC)c(C(CN)OC(C)C(C)O)cc1OC. The minimum absolute atomic E-state index is 0.253. The van der Waals surface area contributed by atoms with Gasteiger partial charge in [-0.05, 0) is 19.9 Å². The number of methoxy groups -OCH3 is 3. The summed E-state index contributed by atoms with van der Waals surface area (Å²) in [5.41, 5.74) is 6.56. The van der Waals surface area contributed by atoms with Crippen LogP contribution >= 0.6 is 0 Å². The molecule has 1 aromatic carbocycles. The summed E-state index contributed by atoms with van der Waals surface area (Å²) in [7, 11) is 4.69. The topological polar surface area (TPSA) is 83.2 Å². The largest absolute Gasteiger partial charge is 0.496 e. The molecule has 0 aliphatic carbocycles. The zero-order valence-electron chi connectivity index (χ0n) is 13.3. The van der Waals surface area contributed by atoms with Crippen LogP contribution in [-0.4, -0.2) is 45.2 Å². The number of hydrogen-bond donors (Lipinski definition) is 2. The number of aliphatic hydroxyl groups excluding tert-OH is 1. The van der Waals surface area contributed by atoms with Crippen LogP contribution in [-0.2, 0) is 4.74 Å². The van der Waals surface area contributed by atoms with Crippen LogP contribution in [0.3, 0.4) is 0 Å². The van der Waals surface area contributed by atoms with Crippen LogP contribution in [0.15, 0.2) is 12.1 Å². The van der Waals surface area contributed by atoms with E-state index in [0.717, 1.165) is 5.56 Å². The summed E-state index contributed by atoms with van der Waals surface area (Å²) in [5, 5.41) is 9.58. The molecule has 3 N–H and O–H groups in total. The molecule has 0 aromatic heterocycles. The van der Waals surface area contributed by atoms with Crippen molar-refractivity contribution in [3.8, 4) is 17.2 Å². The average molecular weight is 299 g/mol. The number of nitrogens with two attached hydrogens (primary N) is 1. The Labute approximate surface area is 125 Å². The van der Waals surface area contributed by atoms with E-state index in [1.165, 1.54) is 0 Å². The van der Waals surface area contributed by atoms with Gasteiger partial charge in [0, 0.05) is 18.2 Å². The average Bonchev–Trinajstić information content (AvgIpc) is 2.50. The molecule has 0 saturated carbocycles. The molecule has 3 unspecified atom stereocenters. The second kappa shape index (κ2) is 8.07. The summed E-state index contributed by atoms with van der Waals surface area (Å²) < 4.78 is 21.7. The lowest BCUT2D eigenvalue weighted by molar-refractivity contribution is -0.0598. The van der Waals surface area contributed by atoms with E-state index in [2.05, 4.69) is 0 Å². The summed E-state index contributed by atoms with van der Waals surface area (Å²) >= 11 is 0.